The summed E-state index contributed by atoms with van der Waals surface area (Å²) in [7, 11) is 2.05. The van der Waals surface area contributed by atoms with Crippen molar-refractivity contribution in [2.45, 2.75) is 0 Å². The highest BCUT2D eigenvalue weighted by atomic mass is 16.5. The molecule has 9 heteroatoms. The van der Waals surface area contributed by atoms with E-state index in [2.05, 4.69) is 22.2 Å². The SMILES string of the molecule is CN1CCN(C(=O)n2ccc3cc(Oc4ccnc(NC(=O)[O-])c4)ccc32)CC1. The molecular weight excluding hydrogens is 374 g/mol. The topological polar surface area (TPSA) is 103 Å². The fraction of sp³-hybridized carbons (Fsp3) is 0.250. The molecule has 0 unspecified atom stereocenters. The van der Waals surface area contributed by atoms with Gasteiger partial charge >= 0.3 is 6.03 Å². The fourth-order valence-electron chi connectivity index (χ4n) is 3.28. The number of carboxylic acid groups (broad SMARTS) is 1. The van der Waals surface area contributed by atoms with E-state index in [1.54, 1.807) is 22.9 Å². The predicted molar refractivity (Wildman–Crippen MR) is 105 cm³/mol. The van der Waals surface area contributed by atoms with Gasteiger partial charge in [-0.15, -0.1) is 0 Å². The highest BCUT2D eigenvalue weighted by Crippen LogP contribution is 2.27. The van der Waals surface area contributed by atoms with Crippen molar-refractivity contribution in [3.63, 3.8) is 0 Å². The molecule has 1 aromatic carbocycles. The number of nitrogens with one attached hydrogen (secondary N) is 1. The fourth-order valence-corrected chi connectivity index (χ4v) is 3.28. The van der Waals surface area contributed by atoms with Crippen LogP contribution in [0.1, 0.15) is 0 Å². The van der Waals surface area contributed by atoms with Crippen LogP contribution in [0.15, 0.2) is 48.8 Å². The van der Waals surface area contributed by atoms with Gasteiger partial charge in [-0.25, -0.2) is 9.78 Å². The van der Waals surface area contributed by atoms with E-state index in [1.165, 1.54) is 12.3 Å². The van der Waals surface area contributed by atoms with Crippen LogP contribution in [0.5, 0.6) is 11.5 Å². The van der Waals surface area contributed by atoms with Crippen LogP contribution in [0, 0.1) is 0 Å². The maximum Gasteiger partial charge on any atom is 0.328 e. The molecule has 2 aromatic heterocycles. The largest absolute Gasteiger partial charge is 0.530 e. The normalized spacial score (nSPS) is 14.7. The maximum absolute atomic E-state index is 12.9. The molecule has 150 valence electrons. The number of amides is 2. The molecule has 0 saturated carbocycles. The van der Waals surface area contributed by atoms with Gasteiger partial charge in [-0.1, -0.05) is 0 Å². The molecule has 1 saturated heterocycles. The summed E-state index contributed by atoms with van der Waals surface area (Å²) < 4.78 is 7.45. The number of carbonyl (C=O) groups excluding carboxylic acids is 2. The van der Waals surface area contributed by atoms with Gasteiger partial charge in [0.1, 0.15) is 23.4 Å². The number of aromatic nitrogens is 2. The van der Waals surface area contributed by atoms with Crippen LogP contribution in [-0.2, 0) is 0 Å². The Morgan fingerprint density at radius 2 is 1.83 bits per heavy atom. The van der Waals surface area contributed by atoms with Gasteiger partial charge in [0.2, 0.25) is 0 Å². The molecule has 0 bridgehead atoms. The Morgan fingerprint density at radius 1 is 1.07 bits per heavy atom. The van der Waals surface area contributed by atoms with Crippen LogP contribution < -0.4 is 15.2 Å². The molecule has 9 nitrogen and oxygen atoms in total. The summed E-state index contributed by atoms with van der Waals surface area (Å²) in [5.74, 6) is 1.11. The van der Waals surface area contributed by atoms with Crippen LogP contribution in [0.25, 0.3) is 10.9 Å². The van der Waals surface area contributed by atoms with E-state index in [1.807, 2.05) is 23.1 Å². The first-order chi connectivity index (χ1) is 14.0. The molecule has 0 radical (unpaired) electrons. The van der Waals surface area contributed by atoms with Crippen LogP contribution in [-0.4, -0.2) is 64.7 Å². The van der Waals surface area contributed by atoms with Gasteiger partial charge in [-0.05, 0) is 37.4 Å². The van der Waals surface area contributed by atoms with Gasteiger partial charge in [-0.2, -0.15) is 0 Å². The van der Waals surface area contributed by atoms with Gasteiger partial charge in [0.05, 0.1) is 5.52 Å². The third kappa shape index (κ3) is 4.14. The van der Waals surface area contributed by atoms with E-state index in [0.717, 1.165) is 24.0 Å². The van der Waals surface area contributed by atoms with Crippen molar-refractivity contribution in [3.05, 3.63) is 48.8 Å². The van der Waals surface area contributed by atoms with E-state index in [9.17, 15) is 14.7 Å². The molecule has 3 aromatic rings. The lowest BCUT2D eigenvalue weighted by Crippen LogP contribution is -2.48. The van der Waals surface area contributed by atoms with Crippen molar-refractivity contribution in [2.24, 2.45) is 0 Å². The van der Waals surface area contributed by atoms with E-state index < -0.39 is 6.09 Å². The van der Waals surface area contributed by atoms with E-state index in [4.69, 9.17) is 4.74 Å². The molecule has 0 spiro atoms. The lowest BCUT2D eigenvalue weighted by atomic mass is 10.2. The first kappa shape index (κ1) is 18.8. The monoisotopic (exact) mass is 394 g/mol. The average molecular weight is 394 g/mol. The zero-order valence-electron chi connectivity index (χ0n) is 15.9. The molecule has 0 aliphatic carbocycles. The van der Waals surface area contributed by atoms with Crippen molar-refractivity contribution in [1.29, 1.82) is 0 Å². The number of piperazine rings is 1. The van der Waals surface area contributed by atoms with Gasteiger partial charge in [0, 0.05) is 50.0 Å². The quantitative estimate of drug-likeness (QED) is 0.727. The molecule has 29 heavy (non-hydrogen) atoms. The second kappa shape index (κ2) is 7.80. The number of hydrogen-bond donors (Lipinski definition) is 1. The van der Waals surface area contributed by atoms with Crippen molar-refractivity contribution >= 4 is 28.8 Å². The molecule has 4 rings (SSSR count). The zero-order chi connectivity index (χ0) is 20.4. The number of benzene rings is 1. The van der Waals surface area contributed by atoms with E-state index in [-0.39, 0.29) is 11.8 Å². The van der Waals surface area contributed by atoms with Gasteiger partial charge < -0.3 is 29.8 Å². The molecule has 1 aliphatic rings. The Labute approximate surface area is 167 Å². The lowest BCUT2D eigenvalue weighted by Gasteiger charge is -2.32. The first-order valence-corrected chi connectivity index (χ1v) is 9.20. The van der Waals surface area contributed by atoms with Crippen LogP contribution >= 0.6 is 0 Å². The number of anilines is 1. The number of pyridine rings is 1. The summed E-state index contributed by atoms with van der Waals surface area (Å²) in [5.41, 5.74) is 0.801. The van der Waals surface area contributed by atoms with Crippen LogP contribution in [0.2, 0.25) is 0 Å². The highest BCUT2D eigenvalue weighted by Gasteiger charge is 2.21. The van der Waals surface area contributed by atoms with Crippen molar-refractivity contribution in [3.8, 4) is 11.5 Å². The van der Waals surface area contributed by atoms with Gasteiger partial charge in [0.15, 0.2) is 0 Å². The third-order valence-corrected chi connectivity index (χ3v) is 4.84. The molecule has 1 N–H and O–H groups in total. The van der Waals surface area contributed by atoms with E-state index >= 15 is 0 Å². The Morgan fingerprint density at radius 3 is 2.59 bits per heavy atom. The van der Waals surface area contributed by atoms with Crippen molar-refractivity contribution in [1.82, 2.24) is 19.4 Å². The summed E-state index contributed by atoms with van der Waals surface area (Å²) in [5, 5.41) is 13.6. The number of hydrogen-bond acceptors (Lipinski definition) is 6. The summed E-state index contributed by atoms with van der Waals surface area (Å²) in [6.07, 6.45) is 1.76. The van der Waals surface area contributed by atoms with Crippen LogP contribution in [0.3, 0.4) is 0 Å². The number of fused-ring (bicyclic) bond motifs is 1. The van der Waals surface area contributed by atoms with Crippen molar-refractivity contribution in [2.75, 3.05) is 38.5 Å². The number of ether oxygens (including phenoxy) is 1. The summed E-state index contributed by atoms with van der Waals surface area (Å²) in [6, 6.07) is 10.3. The Kier molecular flexibility index (Phi) is 5.05. The summed E-state index contributed by atoms with van der Waals surface area (Å²) in [4.78, 5) is 31.4. The molecule has 1 fully saturated rings. The molecule has 2 amide bonds. The maximum atomic E-state index is 12.9. The summed E-state index contributed by atoms with van der Waals surface area (Å²) >= 11 is 0. The minimum atomic E-state index is -1.44. The second-order valence-electron chi connectivity index (χ2n) is 6.87. The number of carbonyl (C=O) groups is 2. The Hall–Kier alpha value is -3.59. The Bertz CT molecular complexity index is 1060. The highest BCUT2D eigenvalue weighted by molar-refractivity contribution is 5.92. The molecular formula is C20H20N5O4-. The minimum absolute atomic E-state index is 0.0334. The Balaban J connectivity index is 1.52. The molecule has 1 aliphatic heterocycles. The third-order valence-electron chi connectivity index (χ3n) is 4.84. The number of nitrogens with zero attached hydrogens (tertiary/aromatic N) is 4. The molecule has 3 heterocycles. The molecule has 0 atom stereocenters. The predicted octanol–water partition coefficient (Wildman–Crippen LogP) is 1.80. The van der Waals surface area contributed by atoms with Crippen molar-refractivity contribution < 1.29 is 19.4 Å². The number of rotatable bonds is 3. The zero-order valence-corrected chi connectivity index (χ0v) is 15.9. The summed E-state index contributed by atoms with van der Waals surface area (Å²) in [6.45, 7) is 3.15. The van der Waals surface area contributed by atoms with Gasteiger partial charge in [0.25, 0.3) is 0 Å². The average Bonchev–Trinajstić information content (AvgIpc) is 3.11. The number of likely N-dealkylation sites (N-methyl/N-ethyl adjacent to an activating group) is 1. The second-order valence-corrected chi connectivity index (χ2v) is 6.87. The lowest BCUT2D eigenvalue weighted by molar-refractivity contribution is -0.242. The van der Waals surface area contributed by atoms with Gasteiger partial charge in [-0.3, -0.25) is 4.57 Å². The minimum Gasteiger partial charge on any atom is -0.530 e. The standard InChI is InChI=1S/C20H21N5O4/c1-23-8-10-24(11-9-23)20(28)25-7-5-14-12-15(2-3-17(14)25)29-16-4-6-21-18(13-16)22-19(26)27/h2-7,12-13H,8-11H2,1H3,(H,21,22)(H,26,27)/p-1. The van der Waals surface area contributed by atoms with E-state index in [0.29, 0.717) is 24.6 Å². The smallest absolute Gasteiger partial charge is 0.328 e. The van der Waals surface area contributed by atoms with Crippen LogP contribution in [0.4, 0.5) is 15.4 Å². The first-order valence-electron chi connectivity index (χ1n) is 9.20.